The molecule has 0 radical (unpaired) electrons. The van der Waals surface area contributed by atoms with Crippen molar-refractivity contribution in [2.24, 2.45) is 4.99 Å². The zero-order valence-corrected chi connectivity index (χ0v) is 11.6. The number of benzene rings is 1. The molecule has 1 aliphatic heterocycles. The van der Waals surface area contributed by atoms with Gasteiger partial charge in [0.15, 0.2) is 0 Å². The number of hydrogen-bond acceptors (Lipinski definition) is 4. The summed E-state index contributed by atoms with van der Waals surface area (Å²) >= 11 is 0. The summed E-state index contributed by atoms with van der Waals surface area (Å²) in [6, 6.07) is 14.4. The minimum absolute atomic E-state index is 0.831. The Balaban J connectivity index is 1.86. The zero-order chi connectivity index (χ0) is 13.8. The minimum Gasteiger partial charge on any atom is -0.368 e. The summed E-state index contributed by atoms with van der Waals surface area (Å²) in [5.74, 6) is 1.91. The Morgan fingerprint density at radius 3 is 2.75 bits per heavy atom. The van der Waals surface area contributed by atoms with E-state index in [0.717, 1.165) is 36.9 Å². The van der Waals surface area contributed by atoms with Gasteiger partial charge < -0.3 is 10.2 Å². The fraction of sp³-hybridized carbons (Fsp3) is 0.250. The molecule has 2 aromatic rings. The number of hydrogen-bond donors (Lipinski definition) is 1. The molecule has 2 heterocycles. The van der Waals surface area contributed by atoms with E-state index in [9.17, 15) is 0 Å². The summed E-state index contributed by atoms with van der Waals surface area (Å²) in [4.78, 5) is 11.2. The van der Waals surface area contributed by atoms with Gasteiger partial charge in [0, 0.05) is 26.3 Å². The molecule has 4 nitrogen and oxygen atoms in total. The van der Waals surface area contributed by atoms with Gasteiger partial charge in [-0.25, -0.2) is 4.98 Å². The number of nitrogens with zero attached hydrogens (tertiary/aromatic N) is 3. The van der Waals surface area contributed by atoms with Crippen molar-refractivity contribution in [1.29, 1.82) is 0 Å². The first kappa shape index (κ1) is 12.7. The summed E-state index contributed by atoms with van der Waals surface area (Å²) in [7, 11) is 2.06. The highest BCUT2D eigenvalue weighted by atomic mass is 15.2. The van der Waals surface area contributed by atoms with Crippen molar-refractivity contribution in [3.8, 4) is 0 Å². The van der Waals surface area contributed by atoms with E-state index in [1.807, 2.05) is 18.3 Å². The molecule has 0 aliphatic carbocycles. The van der Waals surface area contributed by atoms with Gasteiger partial charge >= 0.3 is 0 Å². The third-order valence-electron chi connectivity index (χ3n) is 3.34. The van der Waals surface area contributed by atoms with Gasteiger partial charge in [-0.05, 0) is 17.7 Å². The summed E-state index contributed by atoms with van der Waals surface area (Å²) in [6.07, 6.45) is 1.83. The Bertz CT molecular complexity index is 607. The highest BCUT2D eigenvalue weighted by molar-refractivity contribution is 6.03. The van der Waals surface area contributed by atoms with E-state index in [1.54, 1.807) is 0 Å². The largest absolute Gasteiger partial charge is 0.368 e. The molecule has 0 saturated carbocycles. The van der Waals surface area contributed by atoms with Crippen LogP contribution >= 0.6 is 0 Å². The van der Waals surface area contributed by atoms with Crippen molar-refractivity contribution < 1.29 is 0 Å². The normalized spacial score (nSPS) is 13.8. The second kappa shape index (κ2) is 5.74. The van der Waals surface area contributed by atoms with Crippen LogP contribution in [-0.2, 0) is 6.54 Å². The number of rotatable bonds is 4. The monoisotopic (exact) mass is 266 g/mol. The third kappa shape index (κ3) is 2.64. The van der Waals surface area contributed by atoms with Crippen molar-refractivity contribution >= 4 is 11.7 Å². The van der Waals surface area contributed by atoms with E-state index in [0.29, 0.717) is 0 Å². The molecule has 0 unspecified atom stereocenters. The number of aromatic nitrogens is 1. The first-order valence-electron chi connectivity index (χ1n) is 6.83. The first-order valence-corrected chi connectivity index (χ1v) is 6.83. The number of nitrogens with one attached hydrogen (secondary N) is 1. The van der Waals surface area contributed by atoms with Crippen molar-refractivity contribution in [3.63, 3.8) is 0 Å². The first-order chi connectivity index (χ1) is 9.84. The molecule has 3 rings (SSSR count). The SMILES string of the molecule is CN(Cc1ccccc1)c1ncccc1C1=NCCN1. The van der Waals surface area contributed by atoms with Gasteiger partial charge in [-0.15, -0.1) is 0 Å². The minimum atomic E-state index is 0.831. The van der Waals surface area contributed by atoms with E-state index in [1.165, 1.54) is 5.56 Å². The van der Waals surface area contributed by atoms with Crippen molar-refractivity contribution in [1.82, 2.24) is 10.3 Å². The summed E-state index contributed by atoms with van der Waals surface area (Å²) < 4.78 is 0. The molecule has 0 spiro atoms. The van der Waals surface area contributed by atoms with E-state index in [-0.39, 0.29) is 0 Å². The highest BCUT2D eigenvalue weighted by Crippen LogP contribution is 2.19. The molecule has 1 aliphatic rings. The Morgan fingerprint density at radius 1 is 1.15 bits per heavy atom. The molecule has 0 atom stereocenters. The van der Waals surface area contributed by atoms with Crippen LogP contribution in [0.15, 0.2) is 53.7 Å². The van der Waals surface area contributed by atoms with Gasteiger partial charge in [-0.2, -0.15) is 0 Å². The molecule has 20 heavy (non-hydrogen) atoms. The summed E-state index contributed by atoms with van der Waals surface area (Å²) in [6.45, 7) is 2.58. The quantitative estimate of drug-likeness (QED) is 0.921. The average molecular weight is 266 g/mol. The predicted molar refractivity (Wildman–Crippen MR) is 82.2 cm³/mol. The van der Waals surface area contributed by atoms with Crippen LogP contribution in [0.25, 0.3) is 0 Å². The van der Waals surface area contributed by atoms with Gasteiger partial charge in [-0.1, -0.05) is 30.3 Å². The number of aliphatic imine (C=N–C) groups is 1. The molecule has 0 saturated heterocycles. The number of pyridine rings is 1. The van der Waals surface area contributed by atoms with Gasteiger partial charge in [0.2, 0.25) is 0 Å². The van der Waals surface area contributed by atoms with Crippen LogP contribution in [0.2, 0.25) is 0 Å². The third-order valence-corrected chi connectivity index (χ3v) is 3.34. The van der Waals surface area contributed by atoms with Crippen molar-refractivity contribution in [2.45, 2.75) is 6.54 Å². The Hall–Kier alpha value is -2.36. The van der Waals surface area contributed by atoms with E-state index in [4.69, 9.17) is 0 Å². The fourth-order valence-corrected chi connectivity index (χ4v) is 2.40. The number of anilines is 1. The zero-order valence-electron chi connectivity index (χ0n) is 11.6. The van der Waals surface area contributed by atoms with Gasteiger partial charge in [0.05, 0.1) is 12.1 Å². The molecule has 1 N–H and O–H groups in total. The maximum absolute atomic E-state index is 4.52. The Morgan fingerprint density at radius 2 is 2.00 bits per heavy atom. The van der Waals surface area contributed by atoms with E-state index in [2.05, 4.69) is 57.6 Å². The summed E-state index contributed by atoms with van der Waals surface area (Å²) in [5.41, 5.74) is 2.34. The Kier molecular flexibility index (Phi) is 3.63. The van der Waals surface area contributed by atoms with E-state index >= 15 is 0 Å². The van der Waals surface area contributed by atoms with Crippen molar-refractivity contribution in [2.75, 3.05) is 25.0 Å². The molecule has 0 fully saturated rings. The summed E-state index contributed by atoms with van der Waals surface area (Å²) in [5, 5.41) is 3.32. The second-order valence-electron chi connectivity index (χ2n) is 4.87. The van der Waals surface area contributed by atoms with Crippen LogP contribution in [-0.4, -0.2) is 31.0 Å². The molecule has 1 aromatic heterocycles. The van der Waals surface area contributed by atoms with Crippen molar-refractivity contribution in [3.05, 3.63) is 59.8 Å². The average Bonchev–Trinajstić information content (AvgIpc) is 3.02. The molecule has 0 bridgehead atoms. The molecule has 4 heteroatoms. The second-order valence-corrected chi connectivity index (χ2v) is 4.87. The van der Waals surface area contributed by atoms with Crippen LogP contribution in [0.1, 0.15) is 11.1 Å². The lowest BCUT2D eigenvalue weighted by molar-refractivity contribution is 0.894. The van der Waals surface area contributed by atoms with Gasteiger partial charge in [0.1, 0.15) is 11.7 Å². The van der Waals surface area contributed by atoms with Gasteiger partial charge in [0.25, 0.3) is 0 Å². The van der Waals surface area contributed by atoms with Crippen LogP contribution in [0.5, 0.6) is 0 Å². The molecular weight excluding hydrogens is 248 g/mol. The molecule has 1 aromatic carbocycles. The lowest BCUT2D eigenvalue weighted by Crippen LogP contribution is -2.25. The molecule has 102 valence electrons. The predicted octanol–water partition coefficient (Wildman–Crippen LogP) is 2.07. The topological polar surface area (TPSA) is 40.5 Å². The standard InChI is InChI=1S/C16H18N4/c1-20(12-13-6-3-2-4-7-13)16-14(8-5-9-19-16)15-17-10-11-18-15/h2-9H,10-12H2,1H3,(H,17,18). The highest BCUT2D eigenvalue weighted by Gasteiger charge is 2.16. The maximum Gasteiger partial charge on any atom is 0.139 e. The molecular formula is C16H18N4. The maximum atomic E-state index is 4.52. The van der Waals surface area contributed by atoms with Crippen LogP contribution in [0.4, 0.5) is 5.82 Å². The Labute approximate surface area is 119 Å². The van der Waals surface area contributed by atoms with E-state index < -0.39 is 0 Å². The van der Waals surface area contributed by atoms with Crippen LogP contribution in [0, 0.1) is 0 Å². The fourth-order valence-electron chi connectivity index (χ4n) is 2.40. The molecule has 0 amide bonds. The smallest absolute Gasteiger partial charge is 0.139 e. The van der Waals surface area contributed by atoms with Crippen LogP contribution < -0.4 is 10.2 Å². The van der Waals surface area contributed by atoms with Gasteiger partial charge in [-0.3, -0.25) is 4.99 Å². The lowest BCUT2D eigenvalue weighted by Gasteiger charge is -2.21. The van der Waals surface area contributed by atoms with Crippen LogP contribution in [0.3, 0.4) is 0 Å². The number of amidine groups is 1. The lowest BCUT2D eigenvalue weighted by atomic mass is 10.2.